The first-order chi connectivity index (χ1) is 21.1. The molecule has 4 rings (SSSR count). The number of aliphatic hydroxyl groups excluding tert-OH is 2. The van der Waals surface area contributed by atoms with Gasteiger partial charge in [-0.2, -0.15) is 0 Å². The highest BCUT2D eigenvalue weighted by Gasteiger charge is 2.11. The van der Waals surface area contributed by atoms with E-state index in [-0.39, 0.29) is 27.0 Å². The van der Waals surface area contributed by atoms with Crippen LogP contribution in [0.4, 0.5) is 8.78 Å². The molecule has 0 aliphatic carbocycles. The number of benzene rings is 4. The number of hydrogen-bond donors (Lipinski definition) is 2. The Kier molecular flexibility index (Phi) is 24.8. The Hall–Kier alpha value is -2.16. The number of hydrogen-bond acceptors (Lipinski definition) is 2. The fourth-order valence-corrected chi connectivity index (χ4v) is 6.70. The maximum atomic E-state index is 13.2. The van der Waals surface area contributed by atoms with Crippen LogP contribution in [-0.4, -0.2) is 25.6 Å². The van der Waals surface area contributed by atoms with Crippen molar-refractivity contribution >= 4 is 40.7 Å². The van der Waals surface area contributed by atoms with Gasteiger partial charge in [0.2, 0.25) is 0 Å². The predicted molar refractivity (Wildman–Crippen MR) is 195 cm³/mol. The molecule has 7 heteroatoms. The van der Waals surface area contributed by atoms with E-state index in [4.69, 9.17) is 5.11 Å². The Balaban J connectivity index is 0.000000610. The maximum absolute atomic E-state index is 13.2. The monoisotopic (exact) mass is 750 g/mol. The van der Waals surface area contributed by atoms with E-state index in [2.05, 4.69) is 66.5 Å². The van der Waals surface area contributed by atoms with Crippen LogP contribution in [0.5, 0.6) is 0 Å². The predicted octanol–water partition coefficient (Wildman–Crippen LogP) is 11.5. The molecule has 0 amide bonds. The Labute approximate surface area is 283 Å². The zero-order valence-electron chi connectivity index (χ0n) is 27.0. The number of aliphatic hydroxyl groups is 2. The van der Waals surface area contributed by atoms with Gasteiger partial charge in [0.1, 0.15) is 17.7 Å². The van der Waals surface area contributed by atoms with Gasteiger partial charge in [0.15, 0.2) is 0 Å². The minimum Gasteiger partial charge on any atom is -0.397 e. The summed E-state index contributed by atoms with van der Waals surface area (Å²) >= 11 is 6.49. The van der Waals surface area contributed by atoms with Gasteiger partial charge in [0.25, 0.3) is 0 Å². The molecule has 0 radical (unpaired) electrons. The van der Waals surface area contributed by atoms with Crippen molar-refractivity contribution < 1.29 is 19.0 Å². The van der Waals surface area contributed by atoms with Crippen LogP contribution >= 0.6 is 31.9 Å². The molecule has 2 nitrogen and oxygen atoms in total. The van der Waals surface area contributed by atoms with Crippen molar-refractivity contribution in [3.63, 3.8) is 0 Å². The molecular weight excluding hydrogens is 702 g/mol. The van der Waals surface area contributed by atoms with E-state index in [0.29, 0.717) is 10.0 Å². The first kappa shape index (κ1) is 41.8. The largest absolute Gasteiger partial charge is 0.397 e. The zero-order chi connectivity index (χ0) is 33.3. The highest BCUT2D eigenvalue weighted by Crippen LogP contribution is 2.25. The molecule has 4 aromatic carbocycles. The highest BCUT2D eigenvalue weighted by molar-refractivity contribution is 9.10. The Bertz CT molecular complexity index is 1210. The lowest BCUT2D eigenvalue weighted by molar-refractivity contribution is 0.219. The van der Waals surface area contributed by atoms with E-state index >= 15 is 0 Å². The zero-order valence-corrected chi connectivity index (χ0v) is 31.4. The molecule has 0 spiro atoms. The van der Waals surface area contributed by atoms with Gasteiger partial charge in [0.05, 0.1) is 0 Å². The molecule has 1 atom stereocenters. The molecular formula is C37H50Br2F2O2Si. The van der Waals surface area contributed by atoms with Crippen LogP contribution in [0.1, 0.15) is 76.3 Å². The average molecular weight is 753 g/mol. The quantitative estimate of drug-likeness (QED) is 0.185. The SMILES string of the molecule is CCC.CCO.CC[SiH](CC)CC.Fc1cc(Br)cc(Cc2ccccc2)c1.OC(c1ccccc1)c1cc(F)cc(Br)c1. The first-order valence-corrected chi connectivity index (χ1v) is 19.4. The molecule has 242 valence electrons. The number of halogens is 4. The molecule has 1 unspecified atom stereocenters. The fraction of sp³-hybridized carbons (Fsp3) is 0.351. The summed E-state index contributed by atoms with van der Waals surface area (Å²) in [5.41, 5.74) is 3.46. The van der Waals surface area contributed by atoms with E-state index in [1.807, 2.05) is 66.7 Å². The summed E-state index contributed by atoms with van der Waals surface area (Å²) in [6, 6.07) is 33.1. The summed E-state index contributed by atoms with van der Waals surface area (Å²) in [5.74, 6) is -0.560. The van der Waals surface area contributed by atoms with Crippen molar-refractivity contribution in [3.8, 4) is 0 Å². The van der Waals surface area contributed by atoms with E-state index in [1.54, 1.807) is 19.1 Å². The van der Waals surface area contributed by atoms with E-state index in [0.717, 1.165) is 22.0 Å². The maximum Gasteiger partial charge on any atom is 0.124 e. The second-order valence-corrected chi connectivity index (χ2v) is 16.1. The standard InChI is InChI=1S/C13H10BrFO.C13H10BrF.C6H16Si.C3H8.C2H6O/c14-11-6-10(7-12(15)8-11)13(16)9-4-2-1-3-5-9;14-12-7-11(8-13(15)9-12)6-10-4-2-1-3-5-10;1-4-7(5-2)6-3;1-3-2;1-2-3/h1-8,13,16H;1-5,7-9H,6H2;7H,4-6H2,1-3H3;3H2,1-2H3;3H,2H2,1H3. The third-order valence-electron chi connectivity index (χ3n) is 6.22. The van der Waals surface area contributed by atoms with Crippen molar-refractivity contribution in [2.24, 2.45) is 0 Å². The van der Waals surface area contributed by atoms with Gasteiger partial charge in [0, 0.05) is 24.3 Å². The summed E-state index contributed by atoms with van der Waals surface area (Å²) in [4.78, 5) is 0. The number of rotatable bonds is 7. The van der Waals surface area contributed by atoms with Gasteiger partial charge < -0.3 is 10.2 Å². The minimum atomic E-state index is -0.798. The van der Waals surface area contributed by atoms with Crippen molar-refractivity contribution in [1.29, 1.82) is 0 Å². The summed E-state index contributed by atoms with van der Waals surface area (Å²) < 4.78 is 27.7. The van der Waals surface area contributed by atoms with E-state index in [9.17, 15) is 13.9 Å². The molecule has 0 aromatic heterocycles. The van der Waals surface area contributed by atoms with Crippen LogP contribution in [-0.2, 0) is 6.42 Å². The van der Waals surface area contributed by atoms with Crippen LogP contribution in [0.15, 0.2) is 106 Å². The lowest BCUT2D eigenvalue weighted by atomic mass is 10.0. The summed E-state index contributed by atoms with van der Waals surface area (Å²) in [6.07, 6.45) is 1.21. The highest BCUT2D eigenvalue weighted by atomic mass is 79.9. The smallest absolute Gasteiger partial charge is 0.124 e. The lowest BCUT2D eigenvalue weighted by Crippen LogP contribution is -2.04. The van der Waals surface area contributed by atoms with Crippen LogP contribution in [0.25, 0.3) is 0 Å². The minimum absolute atomic E-state index is 0.171. The topological polar surface area (TPSA) is 40.5 Å². The third-order valence-corrected chi connectivity index (χ3v) is 10.6. The Morgan fingerprint density at radius 2 is 1.05 bits per heavy atom. The molecule has 44 heavy (non-hydrogen) atoms. The fourth-order valence-electron chi connectivity index (χ4n) is 3.97. The van der Waals surface area contributed by atoms with Crippen molar-refractivity contribution in [2.75, 3.05) is 6.61 Å². The van der Waals surface area contributed by atoms with Crippen LogP contribution in [0.3, 0.4) is 0 Å². The normalized spacial score (nSPS) is 10.5. The van der Waals surface area contributed by atoms with Gasteiger partial charge in [-0.25, -0.2) is 8.78 Å². The molecule has 0 saturated carbocycles. The van der Waals surface area contributed by atoms with Crippen LogP contribution in [0.2, 0.25) is 18.1 Å². The van der Waals surface area contributed by atoms with E-state index < -0.39 is 6.10 Å². The summed E-state index contributed by atoms with van der Waals surface area (Å²) in [6.45, 7) is 13.2. The van der Waals surface area contributed by atoms with Crippen molar-refractivity contribution in [2.45, 2.75) is 78.6 Å². The lowest BCUT2D eigenvalue weighted by Gasteiger charge is -2.11. The first-order valence-electron chi connectivity index (χ1n) is 15.4. The second kappa shape index (κ2) is 26.1. The Morgan fingerprint density at radius 1 is 0.614 bits per heavy atom. The van der Waals surface area contributed by atoms with Crippen molar-refractivity contribution in [1.82, 2.24) is 0 Å². The molecule has 0 heterocycles. The summed E-state index contributed by atoms with van der Waals surface area (Å²) in [5, 5.41) is 17.6. The van der Waals surface area contributed by atoms with Gasteiger partial charge in [-0.05, 0) is 72.0 Å². The molecule has 0 saturated heterocycles. The van der Waals surface area contributed by atoms with Gasteiger partial charge >= 0.3 is 0 Å². The summed E-state index contributed by atoms with van der Waals surface area (Å²) in [7, 11) is -0.171. The second-order valence-electron chi connectivity index (χ2n) is 10.1. The van der Waals surface area contributed by atoms with Gasteiger partial charge in [-0.15, -0.1) is 0 Å². The van der Waals surface area contributed by atoms with Crippen LogP contribution in [0, 0.1) is 11.6 Å². The molecule has 2 N–H and O–H groups in total. The van der Waals surface area contributed by atoms with Gasteiger partial charge in [-0.3, -0.25) is 0 Å². The van der Waals surface area contributed by atoms with E-state index in [1.165, 1.54) is 48.3 Å². The molecule has 0 bridgehead atoms. The Morgan fingerprint density at radius 3 is 1.45 bits per heavy atom. The molecule has 4 aromatic rings. The third kappa shape index (κ3) is 19.3. The average Bonchev–Trinajstić information content (AvgIpc) is 2.99. The van der Waals surface area contributed by atoms with Crippen molar-refractivity contribution in [3.05, 3.63) is 140 Å². The van der Waals surface area contributed by atoms with Crippen LogP contribution < -0.4 is 0 Å². The molecule has 0 aliphatic heterocycles. The van der Waals surface area contributed by atoms with Gasteiger partial charge in [-0.1, -0.05) is 152 Å². The molecule has 0 fully saturated rings. The molecule has 0 aliphatic rings.